The van der Waals surface area contributed by atoms with E-state index in [1.54, 1.807) is 18.2 Å². The molecule has 0 saturated heterocycles. The van der Waals surface area contributed by atoms with Gasteiger partial charge in [-0.2, -0.15) is 4.98 Å². The van der Waals surface area contributed by atoms with Gasteiger partial charge in [0.15, 0.2) is 6.10 Å². The van der Waals surface area contributed by atoms with Crippen LogP contribution in [0.2, 0.25) is 0 Å². The van der Waals surface area contributed by atoms with Gasteiger partial charge in [0, 0.05) is 32.4 Å². The lowest BCUT2D eigenvalue weighted by Crippen LogP contribution is -2.41. The maximum atomic E-state index is 12.2. The Morgan fingerprint density at radius 3 is 2.42 bits per heavy atom. The second kappa shape index (κ2) is 13.3. The molecule has 1 aromatic rings. The standard InChI is InChI=1S/C18H30N2O6/c1-5-10-23-12-13-25-16-8-7-9-17(19-16)26-14-15(24-11-6-2)18(21)20(3)22-4/h7-9,15H,5-6,10-14H2,1-4H3. The van der Waals surface area contributed by atoms with E-state index in [4.69, 9.17) is 23.8 Å². The molecule has 0 bridgehead atoms. The van der Waals surface area contributed by atoms with E-state index in [0.717, 1.165) is 17.9 Å². The molecule has 0 N–H and O–H groups in total. The van der Waals surface area contributed by atoms with Gasteiger partial charge >= 0.3 is 0 Å². The van der Waals surface area contributed by atoms with Gasteiger partial charge < -0.3 is 18.9 Å². The highest BCUT2D eigenvalue weighted by molar-refractivity contribution is 5.79. The molecule has 1 rings (SSSR count). The second-order valence-electron chi connectivity index (χ2n) is 5.46. The van der Waals surface area contributed by atoms with Gasteiger partial charge in [0.25, 0.3) is 5.91 Å². The zero-order chi connectivity index (χ0) is 19.2. The van der Waals surface area contributed by atoms with Crippen LogP contribution in [0.25, 0.3) is 0 Å². The summed E-state index contributed by atoms with van der Waals surface area (Å²) in [4.78, 5) is 21.4. The molecule has 1 atom stereocenters. The molecule has 0 aliphatic heterocycles. The summed E-state index contributed by atoms with van der Waals surface area (Å²) >= 11 is 0. The summed E-state index contributed by atoms with van der Waals surface area (Å²) in [7, 11) is 2.94. The molecular formula is C18H30N2O6. The molecule has 8 nitrogen and oxygen atoms in total. The first-order chi connectivity index (χ1) is 12.6. The molecule has 0 spiro atoms. The highest BCUT2D eigenvalue weighted by Gasteiger charge is 2.24. The van der Waals surface area contributed by atoms with E-state index in [9.17, 15) is 4.79 Å². The van der Waals surface area contributed by atoms with E-state index in [2.05, 4.69) is 11.9 Å². The second-order valence-corrected chi connectivity index (χ2v) is 5.46. The topological polar surface area (TPSA) is 79.4 Å². The molecule has 1 aromatic heterocycles. The Labute approximate surface area is 155 Å². The minimum atomic E-state index is -0.770. The van der Waals surface area contributed by atoms with E-state index < -0.39 is 6.10 Å². The highest BCUT2D eigenvalue weighted by Crippen LogP contribution is 2.14. The SMILES string of the molecule is CCCOCCOc1cccc(OCC(OCCC)C(=O)N(C)OC)n1. The van der Waals surface area contributed by atoms with E-state index >= 15 is 0 Å². The van der Waals surface area contributed by atoms with Crippen LogP contribution in [0.5, 0.6) is 11.8 Å². The van der Waals surface area contributed by atoms with E-state index in [1.165, 1.54) is 14.2 Å². The number of hydroxylamine groups is 2. The molecule has 148 valence electrons. The minimum absolute atomic E-state index is 0.0304. The van der Waals surface area contributed by atoms with Crippen LogP contribution < -0.4 is 9.47 Å². The Kier molecular flexibility index (Phi) is 11.3. The summed E-state index contributed by atoms with van der Waals surface area (Å²) in [5.74, 6) is 0.477. The number of nitrogens with zero attached hydrogens (tertiary/aromatic N) is 2. The average Bonchev–Trinajstić information content (AvgIpc) is 2.67. The first kappa shape index (κ1) is 22.1. The van der Waals surface area contributed by atoms with Crippen LogP contribution in [0.3, 0.4) is 0 Å². The predicted molar refractivity (Wildman–Crippen MR) is 96.1 cm³/mol. The van der Waals surface area contributed by atoms with Gasteiger partial charge in [-0.15, -0.1) is 0 Å². The van der Waals surface area contributed by atoms with Crippen molar-refractivity contribution < 1.29 is 28.6 Å². The molecule has 0 aliphatic rings. The van der Waals surface area contributed by atoms with Gasteiger partial charge in [0.05, 0.1) is 13.7 Å². The highest BCUT2D eigenvalue weighted by atomic mass is 16.7. The minimum Gasteiger partial charge on any atom is -0.475 e. The quantitative estimate of drug-likeness (QED) is 0.366. The normalized spacial score (nSPS) is 11.8. The van der Waals surface area contributed by atoms with Crippen LogP contribution in [-0.4, -0.2) is 69.3 Å². The van der Waals surface area contributed by atoms with E-state index in [1.807, 2.05) is 6.92 Å². The molecular weight excluding hydrogens is 340 g/mol. The molecule has 1 heterocycles. The number of likely N-dealkylation sites (N-methyl/N-ethyl adjacent to an activating group) is 1. The molecule has 26 heavy (non-hydrogen) atoms. The Morgan fingerprint density at radius 1 is 1.08 bits per heavy atom. The summed E-state index contributed by atoms with van der Waals surface area (Å²) in [6.45, 7) is 6.13. The molecule has 0 fully saturated rings. The van der Waals surface area contributed by atoms with Crippen LogP contribution in [-0.2, 0) is 19.1 Å². The summed E-state index contributed by atoms with van der Waals surface area (Å²) in [5.41, 5.74) is 0. The summed E-state index contributed by atoms with van der Waals surface area (Å²) in [6, 6.07) is 5.21. The van der Waals surface area contributed by atoms with E-state index in [-0.39, 0.29) is 12.5 Å². The Hall–Kier alpha value is -1.90. The number of amides is 1. The van der Waals surface area contributed by atoms with Crippen LogP contribution in [0.1, 0.15) is 26.7 Å². The van der Waals surface area contributed by atoms with Gasteiger partial charge in [-0.1, -0.05) is 19.9 Å². The molecule has 1 unspecified atom stereocenters. The molecule has 0 aliphatic carbocycles. The van der Waals surface area contributed by atoms with Crippen molar-refractivity contribution in [2.45, 2.75) is 32.8 Å². The largest absolute Gasteiger partial charge is 0.475 e. The molecule has 1 amide bonds. The van der Waals surface area contributed by atoms with Gasteiger partial charge in [0.2, 0.25) is 11.8 Å². The van der Waals surface area contributed by atoms with Crippen molar-refractivity contribution in [1.29, 1.82) is 0 Å². The Morgan fingerprint density at radius 2 is 1.77 bits per heavy atom. The number of carbonyl (C=O) groups excluding carboxylic acids is 1. The maximum Gasteiger partial charge on any atom is 0.278 e. The van der Waals surface area contributed by atoms with Gasteiger partial charge in [-0.25, -0.2) is 5.06 Å². The van der Waals surface area contributed by atoms with Crippen LogP contribution in [0, 0.1) is 0 Å². The Balaban J connectivity index is 2.54. The fourth-order valence-electron chi connectivity index (χ4n) is 1.91. The summed E-state index contributed by atoms with van der Waals surface area (Å²) < 4.78 is 22.1. The predicted octanol–water partition coefficient (Wildman–Crippen LogP) is 2.08. The number of carbonyl (C=O) groups is 1. The zero-order valence-corrected chi connectivity index (χ0v) is 16.1. The third kappa shape index (κ3) is 8.46. The number of rotatable bonds is 14. The van der Waals surface area contributed by atoms with Crippen molar-refractivity contribution >= 4 is 5.91 Å². The maximum absolute atomic E-state index is 12.2. The fraction of sp³-hybridized carbons (Fsp3) is 0.667. The van der Waals surface area contributed by atoms with Crippen molar-refractivity contribution in [2.24, 2.45) is 0 Å². The summed E-state index contributed by atoms with van der Waals surface area (Å²) in [6.07, 6.45) is 0.996. The van der Waals surface area contributed by atoms with Gasteiger partial charge in [-0.05, 0) is 12.8 Å². The lowest BCUT2D eigenvalue weighted by molar-refractivity contribution is -0.182. The number of aromatic nitrogens is 1. The van der Waals surface area contributed by atoms with Gasteiger partial charge in [-0.3, -0.25) is 9.63 Å². The van der Waals surface area contributed by atoms with Gasteiger partial charge in [0.1, 0.15) is 13.2 Å². The van der Waals surface area contributed by atoms with Crippen molar-refractivity contribution in [3.63, 3.8) is 0 Å². The Bertz CT molecular complexity index is 514. The first-order valence-electron chi connectivity index (χ1n) is 8.86. The molecule has 0 aromatic carbocycles. The smallest absolute Gasteiger partial charge is 0.278 e. The van der Waals surface area contributed by atoms with Crippen molar-refractivity contribution in [3.8, 4) is 11.8 Å². The molecule has 0 saturated carbocycles. The number of hydrogen-bond donors (Lipinski definition) is 0. The van der Waals surface area contributed by atoms with Crippen molar-refractivity contribution in [3.05, 3.63) is 18.2 Å². The third-order valence-corrected chi connectivity index (χ3v) is 3.29. The molecule has 0 radical (unpaired) electrons. The van der Waals surface area contributed by atoms with Crippen LogP contribution in [0.4, 0.5) is 0 Å². The number of hydrogen-bond acceptors (Lipinski definition) is 7. The average molecular weight is 370 g/mol. The van der Waals surface area contributed by atoms with Crippen molar-refractivity contribution in [2.75, 3.05) is 47.2 Å². The number of pyridine rings is 1. The van der Waals surface area contributed by atoms with Crippen LogP contribution >= 0.6 is 0 Å². The third-order valence-electron chi connectivity index (χ3n) is 3.29. The fourth-order valence-corrected chi connectivity index (χ4v) is 1.91. The monoisotopic (exact) mass is 370 g/mol. The van der Waals surface area contributed by atoms with Crippen molar-refractivity contribution in [1.82, 2.24) is 10.0 Å². The van der Waals surface area contributed by atoms with Crippen LogP contribution in [0.15, 0.2) is 18.2 Å². The number of ether oxygens (including phenoxy) is 4. The first-order valence-corrected chi connectivity index (χ1v) is 8.86. The summed E-state index contributed by atoms with van der Waals surface area (Å²) in [5, 5.41) is 1.12. The van der Waals surface area contributed by atoms with E-state index in [0.29, 0.717) is 38.2 Å². The lowest BCUT2D eigenvalue weighted by Gasteiger charge is -2.22. The lowest BCUT2D eigenvalue weighted by atomic mass is 10.3. The zero-order valence-electron chi connectivity index (χ0n) is 16.1. The molecule has 8 heteroatoms.